The molecule has 6 nitrogen and oxygen atoms in total. The lowest BCUT2D eigenvalue weighted by Gasteiger charge is -2.18. The molecule has 0 radical (unpaired) electrons. The Balaban J connectivity index is 1.85. The molecule has 0 amide bonds. The van der Waals surface area contributed by atoms with Gasteiger partial charge in [-0.1, -0.05) is 48.5 Å². The lowest BCUT2D eigenvalue weighted by atomic mass is 9.84. The summed E-state index contributed by atoms with van der Waals surface area (Å²) in [6.45, 7) is 23.4. The molecule has 0 atom stereocenters. The number of nitriles is 3. The van der Waals surface area contributed by atoms with Gasteiger partial charge >= 0.3 is 0 Å². The predicted octanol–water partition coefficient (Wildman–Crippen LogP) is 8.97. The van der Waals surface area contributed by atoms with Crippen molar-refractivity contribution >= 4 is 28.0 Å². The number of hydrogen-bond acceptors (Lipinski definition) is 3. The number of halogens is 2. The van der Waals surface area contributed by atoms with E-state index in [1.54, 1.807) is 36.4 Å². The van der Waals surface area contributed by atoms with Crippen LogP contribution in [0, 0.1) is 65.3 Å². The van der Waals surface area contributed by atoms with E-state index in [1.807, 2.05) is 18.2 Å². The minimum Gasteiger partial charge on any atom is -0.237 e. The maximum absolute atomic E-state index is 14.2. The van der Waals surface area contributed by atoms with Crippen molar-refractivity contribution < 1.29 is 8.78 Å². The van der Waals surface area contributed by atoms with E-state index >= 15 is 0 Å². The van der Waals surface area contributed by atoms with Gasteiger partial charge in [-0.15, -0.1) is 0 Å². The average Bonchev–Trinajstić information content (AvgIpc) is 3.55. The number of allylic oxidation sites excluding steroid dienone is 6. The van der Waals surface area contributed by atoms with Crippen LogP contribution in [0.4, 0.5) is 14.5 Å². The number of hydrogen-bond donors (Lipinski definition) is 0. The van der Waals surface area contributed by atoms with Crippen molar-refractivity contribution in [3.8, 4) is 40.5 Å². The molecule has 0 saturated carbocycles. The van der Waals surface area contributed by atoms with Gasteiger partial charge in [-0.3, -0.25) is 0 Å². The normalized spacial score (nSPS) is 14.5. The van der Waals surface area contributed by atoms with Gasteiger partial charge in [0.05, 0.1) is 43.5 Å². The fraction of sp³-hybridized carbons (Fsp3) is 0. The molecule has 6 rings (SSSR count). The molecule has 2 aliphatic carbocycles. The lowest BCUT2D eigenvalue weighted by molar-refractivity contribution is 0.627. The Morgan fingerprint density at radius 2 is 1.07 bits per heavy atom. The second-order valence-electron chi connectivity index (χ2n) is 9.68. The van der Waals surface area contributed by atoms with Crippen molar-refractivity contribution in [2.45, 2.75) is 0 Å². The van der Waals surface area contributed by atoms with Gasteiger partial charge in [0, 0.05) is 16.7 Å². The van der Waals surface area contributed by atoms with Crippen LogP contribution in [-0.2, 0) is 0 Å². The summed E-state index contributed by atoms with van der Waals surface area (Å²) in [6.07, 6.45) is 0. The van der Waals surface area contributed by atoms with Gasteiger partial charge in [-0.05, 0) is 74.4 Å². The molecule has 200 valence electrons. The van der Waals surface area contributed by atoms with E-state index in [0.29, 0.717) is 55.7 Å². The van der Waals surface area contributed by atoms with Gasteiger partial charge in [0.15, 0.2) is 5.69 Å². The van der Waals surface area contributed by atoms with Crippen molar-refractivity contribution in [1.82, 2.24) is 0 Å². The Morgan fingerprint density at radius 3 is 1.55 bits per heavy atom. The Hall–Kier alpha value is -7.10. The molecular formula is C36H12F2N6. The number of fused-ring (bicyclic) bond motifs is 4. The first-order chi connectivity index (χ1) is 21.4. The highest BCUT2D eigenvalue weighted by Crippen LogP contribution is 2.62. The molecule has 4 aromatic rings. The molecule has 44 heavy (non-hydrogen) atoms. The summed E-state index contributed by atoms with van der Waals surface area (Å²) in [5.41, 5.74) is 4.46. The molecule has 0 heterocycles. The van der Waals surface area contributed by atoms with Gasteiger partial charge in [0.1, 0.15) is 11.6 Å². The van der Waals surface area contributed by atoms with Crippen molar-refractivity contribution in [1.29, 1.82) is 15.8 Å². The molecular weight excluding hydrogens is 554 g/mol. The third-order valence-corrected chi connectivity index (χ3v) is 7.59. The van der Waals surface area contributed by atoms with Crippen LogP contribution < -0.4 is 0 Å². The van der Waals surface area contributed by atoms with Crippen molar-refractivity contribution in [3.05, 3.63) is 158 Å². The number of rotatable bonds is 2. The summed E-state index contributed by atoms with van der Waals surface area (Å²) in [7, 11) is 0. The molecule has 8 heteroatoms. The maximum Gasteiger partial charge on any atom is 0.270 e. The van der Waals surface area contributed by atoms with Gasteiger partial charge in [0.2, 0.25) is 0 Å². The summed E-state index contributed by atoms with van der Waals surface area (Å²) < 4.78 is 28.3. The van der Waals surface area contributed by atoms with E-state index in [4.69, 9.17) is 19.7 Å². The van der Waals surface area contributed by atoms with Gasteiger partial charge in [-0.25, -0.2) is 33.8 Å². The molecule has 0 aromatic heterocycles. The summed E-state index contributed by atoms with van der Waals surface area (Å²) in [4.78, 5) is 10.6. The topological polar surface area (TPSA) is 84.4 Å². The van der Waals surface area contributed by atoms with Crippen LogP contribution >= 0.6 is 0 Å². The van der Waals surface area contributed by atoms with Crippen LogP contribution in [0.1, 0.15) is 27.8 Å². The number of benzene rings is 4. The Bertz CT molecular complexity index is 2170. The minimum atomic E-state index is -0.605. The minimum absolute atomic E-state index is 0.0288. The third-order valence-electron chi connectivity index (χ3n) is 7.59. The maximum atomic E-state index is 14.2. The largest absolute Gasteiger partial charge is 0.270 e. The first-order valence-electron chi connectivity index (χ1n) is 12.9. The van der Waals surface area contributed by atoms with Crippen LogP contribution in [0.5, 0.6) is 0 Å². The molecule has 0 aliphatic heterocycles. The van der Waals surface area contributed by atoms with E-state index in [-0.39, 0.29) is 33.8 Å². The molecule has 0 fully saturated rings. The van der Waals surface area contributed by atoms with E-state index in [0.717, 1.165) is 12.1 Å². The van der Waals surface area contributed by atoms with E-state index in [2.05, 4.69) is 14.5 Å². The SMILES string of the molecule is [C-]#[N+]/C(C#N)=C1C2=C(/C(=C(\C#N)[N+]#[C-])c3cccc(-c4ccc(F)cc4[N+]#[C-])c32)c2c\1cccc2-c1ccc(F)cc1C#N. The van der Waals surface area contributed by atoms with Crippen molar-refractivity contribution in [3.63, 3.8) is 0 Å². The first-order valence-corrected chi connectivity index (χ1v) is 12.9. The Kier molecular flexibility index (Phi) is 6.39. The Labute approximate surface area is 250 Å². The summed E-state index contributed by atoms with van der Waals surface area (Å²) in [5.74, 6) is -1.20. The van der Waals surface area contributed by atoms with Crippen LogP contribution in [0.2, 0.25) is 0 Å². The van der Waals surface area contributed by atoms with Crippen LogP contribution in [0.15, 0.2) is 84.2 Å². The third kappa shape index (κ3) is 3.79. The van der Waals surface area contributed by atoms with Gasteiger partial charge in [0.25, 0.3) is 11.4 Å². The molecule has 4 aromatic carbocycles. The summed E-state index contributed by atoms with van der Waals surface area (Å²) in [5, 5.41) is 30.1. The fourth-order valence-electron chi connectivity index (χ4n) is 5.96. The summed E-state index contributed by atoms with van der Waals surface area (Å²) in [6, 6.07) is 23.8. The van der Waals surface area contributed by atoms with E-state index in [1.165, 1.54) is 24.3 Å². The predicted molar refractivity (Wildman–Crippen MR) is 160 cm³/mol. The molecule has 0 bridgehead atoms. The standard InChI is InChI=1S/C36H12F2N6/c1-42-28-15-21(38)11-13-23(28)25-7-5-9-27-32(25)36-33(29(17-40)43-2)26-8-4-6-24(22-12-10-20(37)14-19(22)16-39)31(26)35(36)34(27)30(18-41)44-3/h4-15H/b33-29-,34-30+. The van der Waals surface area contributed by atoms with Gasteiger partial charge < -0.3 is 0 Å². The fourth-order valence-corrected chi connectivity index (χ4v) is 5.96. The highest BCUT2D eigenvalue weighted by atomic mass is 19.1. The average molecular weight is 567 g/mol. The Morgan fingerprint density at radius 1 is 0.591 bits per heavy atom. The van der Waals surface area contributed by atoms with E-state index < -0.39 is 11.6 Å². The first kappa shape index (κ1) is 27.1. The van der Waals surface area contributed by atoms with Crippen molar-refractivity contribution in [2.75, 3.05) is 0 Å². The van der Waals surface area contributed by atoms with Gasteiger partial charge in [-0.2, -0.15) is 5.26 Å². The highest BCUT2D eigenvalue weighted by molar-refractivity contribution is 6.39. The quantitative estimate of drug-likeness (QED) is 0.179. The van der Waals surface area contributed by atoms with Crippen molar-refractivity contribution in [2.24, 2.45) is 0 Å². The molecule has 2 aliphatic rings. The van der Waals surface area contributed by atoms with Crippen LogP contribution in [0.25, 0.3) is 59.1 Å². The molecule has 0 N–H and O–H groups in total. The monoisotopic (exact) mass is 566 g/mol. The zero-order valence-corrected chi connectivity index (χ0v) is 22.4. The van der Waals surface area contributed by atoms with E-state index in [9.17, 15) is 24.6 Å². The number of nitrogens with zero attached hydrogens (tertiary/aromatic N) is 6. The molecule has 0 saturated heterocycles. The van der Waals surface area contributed by atoms with Crippen LogP contribution in [0.3, 0.4) is 0 Å². The summed E-state index contributed by atoms with van der Waals surface area (Å²) >= 11 is 0. The molecule has 0 unspecified atom stereocenters. The second-order valence-corrected chi connectivity index (χ2v) is 9.68. The zero-order chi connectivity index (χ0) is 31.1. The smallest absolute Gasteiger partial charge is 0.237 e. The second kappa shape index (κ2) is 10.4. The lowest BCUT2D eigenvalue weighted by Crippen LogP contribution is -1.99. The molecule has 0 spiro atoms. The van der Waals surface area contributed by atoms with Crippen LogP contribution in [-0.4, -0.2) is 0 Å². The zero-order valence-electron chi connectivity index (χ0n) is 22.4. The highest BCUT2D eigenvalue weighted by Gasteiger charge is 2.42.